The lowest BCUT2D eigenvalue weighted by molar-refractivity contribution is 0.863. The average molecular weight is 493 g/mol. The molecule has 0 aromatic heterocycles. The van der Waals surface area contributed by atoms with Crippen LogP contribution < -0.4 is 29.4 Å². The van der Waals surface area contributed by atoms with Crippen LogP contribution in [0.5, 0.6) is 0 Å². The van der Waals surface area contributed by atoms with E-state index in [0.29, 0.717) is 0 Å². The molecule has 36 heavy (non-hydrogen) atoms. The third-order valence-electron chi connectivity index (χ3n) is 9.88. The van der Waals surface area contributed by atoms with Crippen LogP contribution in [0.4, 0.5) is 34.1 Å². The maximum absolute atomic E-state index is 2.84. The summed E-state index contributed by atoms with van der Waals surface area (Å²) in [5, 5.41) is 0. The van der Waals surface area contributed by atoms with Gasteiger partial charge in [-0.2, -0.15) is 0 Å². The van der Waals surface area contributed by atoms with Gasteiger partial charge in [-0.3, -0.25) is 0 Å². The number of hydrogen-bond acceptors (Lipinski definition) is 6. The van der Waals surface area contributed by atoms with E-state index in [0.717, 1.165) is 0 Å². The van der Waals surface area contributed by atoms with Crippen molar-refractivity contribution in [1.29, 1.82) is 0 Å². The van der Waals surface area contributed by atoms with Crippen LogP contribution in [0.15, 0.2) is 0 Å². The molecule has 6 saturated heterocycles. The second-order valence-electron chi connectivity index (χ2n) is 12.3. The van der Waals surface area contributed by atoms with Crippen molar-refractivity contribution >= 4 is 34.1 Å². The van der Waals surface area contributed by atoms with E-state index in [1.807, 2.05) is 0 Å². The Morgan fingerprint density at radius 1 is 0.194 bits per heavy atom. The Hall–Kier alpha value is -1.98. The van der Waals surface area contributed by atoms with Crippen molar-refractivity contribution in [3.63, 3.8) is 0 Å². The number of anilines is 6. The van der Waals surface area contributed by atoms with Crippen molar-refractivity contribution in [2.45, 2.75) is 77.0 Å². The van der Waals surface area contributed by atoms with E-state index >= 15 is 0 Å². The Balaban J connectivity index is 1.55. The molecule has 0 radical (unpaired) electrons. The Labute approximate surface area is 219 Å². The van der Waals surface area contributed by atoms with Gasteiger partial charge in [0, 0.05) is 78.5 Å². The minimum Gasteiger partial charge on any atom is -0.368 e. The fraction of sp³-hybridized carbons (Fsp3) is 0.800. The van der Waals surface area contributed by atoms with Gasteiger partial charge in [0.25, 0.3) is 0 Å². The largest absolute Gasteiger partial charge is 0.368 e. The molecule has 6 aliphatic rings. The minimum absolute atomic E-state index is 1.24. The van der Waals surface area contributed by atoms with Crippen LogP contribution in [0.25, 0.3) is 0 Å². The second kappa shape index (κ2) is 10.1. The number of nitrogens with zero attached hydrogens (tertiary/aromatic N) is 6. The zero-order valence-electron chi connectivity index (χ0n) is 22.7. The van der Waals surface area contributed by atoms with Crippen LogP contribution in [0.2, 0.25) is 0 Å². The van der Waals surface area contributed by atoms with Gasteiger partial charge < -0.3 is 29.4 Å². The van der Waals surface area contributed by atoms with E-state index in [1.54, 1.807) is 34.1 Å². The van der Waals surface area contributed by atoms with E-state index in [4.69, 9.17) is 0 Å². The second-order valence-corrected chi connectivity index (χ2v) is 12.3. The highest BCUT2D eigenvalue weighted by Crippen LogP contribution is 2.60. The standard InChI is InChI=1S/C30H48N6/c1-2-14-31(13-1)25-26(32-15-3-4-16-32)28(34-19-7-8-20-34)30(36-23-11-12-24-36)29(35-21-9-10-22-35)27(25)33-17-5-6-18-33/h1-24H2. The molecule has 0 bridgehead atoms. The zero-order chi connectivity index (χ0) is 23.9. The molecule has 6 heteroatoms. The maximum Gasteiger partial charge on any atom is 0.0886 e. The van der Waals surface area contributed by atoms with Crippen molar-refractivity contribution in [1.82, 2.24) is 0 Å². The molecule has 7 rings (SSSR count). The van der Waals surface area contributed by atoms with Crippen LogP contribution in [0.3, 0.4) is 0 Å². The summed E-state index contributed by atoms with van der Waals surface area (Å²) in [6, 6.07) is 0. The Kier molecular flexibility index (Phi) is 6.47. The Morgan fingerprint density at radius 2 is 0.306 bits per heavy atom. The number of benzene rings is 1. The van der Waals surface area contributed by atoms with Gasteiger partial charge in [-0.1, -0.05) is 0 Å². The smallest absolute Gasteiger partial charge is 0.0886 e. The molecule has 0 N–H and O–H groups in total. The molecule has 0 atom stereocenters. The van der Waals surface area contributed by atoms with Gasteiger partial charge in [0.05, 0.1) is 34.1 Å². The van der Waals surface area contributed by atoms with Gasteiger partial charge in [0.1, 0.15) is 0 Å². The van der Waals surface area contributed by atoms with Crippen LogP contribution in [0.1, 0.15) is 77.0 Å². The summed E-state index contributed by atoms with van der Waals surface area (Å²) in [6.07, 6.45) is 16.2. The van der Waals surface area contributed by atoms with Crippen LogP contribution >= 0.6 is 0 Å². The Morgan fingerprint density at radius 3 is 0.417 bits per heavy atom. The molecule has 0 unspecified atom stereocenters. The summed E-state index contributed by atoms with van der Waals surface area (Å²) in [7, 11) is 0. The normalized spacial score (nSPS) is 25.0. The van der Waals surface area contributed by atoms with Gasteiger partial charge in [0.2, 0.25) is 0 Å². The lowest BCUT2D eigenvalue weighted by Gasteiger charge is -2.43. The molecule has 0 aliphatic carbocycles. The molecule has 6 aliphatic heterocycles. The fourth-order valence-corrected chi connectivity index (χ4v) is 8.11. The third kappa shape index (κ3) is 3.98. The van der Waals surface area contributed by atoms with E-state index < -0.39 is 0 Å². The van der Waals surface area contributed by atoms with Crippen LogP contribution in [0, 0.1) is 0 Å². The first-order chi connectivity index (χ1) is 17.9. The molecular weight excluding hydrogens is 444 g/mol. The first-order valence-corrected chi connectivity index (χ1v) is 15.6. The zero-order valence-corrected chi connectivity index (χ0v) is 22.7. The quantitative estimate of drug-likeness (QED) is 0.534. The third-order valence-corrected chi connectivity index (χ3v) is 9.88. The van der Waals surface area contributed by atoms with Crippen molar-refractivity contribution in [3.8, 4) is 0 Å². The Bertz CT molecular complexity index is 696. The predicted molar refractivity (Wildman–Crippen MR) is 155 cm³/mol. The van der Waals surface area contributed by atoms with Gasteiger partial charge in [-0.05, 0) is 77.0 Å². The summed E-state index contributed by atoms with van der Waals surface area (Å²) >= 11 is 0. The summed E-state index contributed by atoms with van der Waals surface area (Å²) in [4.78, 5) is 17.0. The molecule has 0 saturated carbocycles. The van der Waals surface area contributed by atoms with Gasteiger partial charge >= 0.3 is 0 Å². The molecule has 1 aromatic carbocycles. The minimum atomic E-state index is 1.24. The van der Waals surface area contributed by atoms with E-state index in [2.05, 4.69) is 29.4 Å². The molecule has 6 fully saturated rings. The van der Waals surface area contributed by atoms with E-state index in [1.165, 1.54) is 156 Å². The molecule has 6 heterocycles. The number of hydrogen-bond donors (Lipinski definition) is 0. The fourth-order valence-electron chi connectivity index (χ4n) is 8.11. The summed E-state index contributed by atoms with van der Waals surface area (Å²) in [6.45, 7) is 14.9. The molecule has 6 nitrogen and oxygen atoms in total. The molecule has 1 aromatic rings. The first-order valence-electron chi connectivity index (χ1n) is 15.6. The van der Waals surface area contributed by atoms with Crippen molar-refractivity contribution in [3.05, 3.63) is 0 Å². The van der Waals surface area contributed by atoms with Gasteiger partial charge in [-0.25, -0.2) is 0 Å². The van der Waals surface area contributed by atoms with Gasteiger partial charge in [0.15, 0.2) is 0 Å². The highest BCUT2D eigenvalue weighted by Gasteiger charge is 2.40. The monoisotopic (exact) mass is 492 g/mol. The SMILES string of the molecule is C1CCN(c2c(N3CCCC3)c(N3CCCC3)c(N3CCCC3)c(N3CCCC3)c2N2CCCC2)C1. The number of rotatable bonds is 6. The summed E-state index contributed by atoms with van der Waals surface area (Å²) < 4.78 is 0. The first kappa shape index (κ1) is 23.2. The molecule has 0 amide bonds. The lowest BCUT2D eigenvalue weighted by atomic mass is 10.0. The van der Waals surface area contributed by atoms with E-state index in [9.17, 15) is 0 Å². The van der Waals surface area contributed by atoms with Crippen LogP contribution in [-0.2, 0) is 0 Å². The highest BCUT2D eigenvalue weighted by atomic mass is 15.3. The van der Waals surface area contributed by atoms with E-state index in [-0.39, 0.29) is 0 Å². The molecular formula is C30H48N6. The van der Waals surface area contributed by atoms with Crippen LogP contribution in [-0.4, -0.2) is 78.5 Å². The highest BCUT2D eigenvalue weighted by molar-refractivity contribution is 6.10. The van der Waals surface area contributed by atoms with Gasteiger partial charge in [-0.15, -0.1) is 0 Å². The molecule has 0 spiro atoms. The van der Waals surface area contributed by atoms with Crippen molar-refractivity contribution in [2.24, 2.45) is 0 Å². The lowest BCUT2D eigenvalue weighted by Crippen LogP contribution is -2.36. The summed E-state index contributed by atoms with van der Waals surface area (Å²) in [5.41, 5.74) is 9.85. The molecule has 198 valence electrons. The predicted octanol–water partition coefficient (Wildman–Crippen LogP) is 5.29. The summed E-state index contributed by atoms with van der Waals surface area (Å²) in [5.74, 6) is 0. The topological polar surface area (TPSA) is 19.4 Å². The van der Waals surface area contributed by atoms with Crippen molar-refractivity contribution in [2.75, 3.05) is 108 Å². The van der Waals surface area contributed by atoms with Crippen molar-refractivity contribution < 1.29 is 0 Å². The average Bonchev–Trinajstić information content (AvgIpc) is 3.78. The maximum atomic E-state index is 2.84.